The Morgan fingerprint density at radius 1 is 1.30 bits per heavy atom. The summed E-state index contributed by atoms with van der Waals surface area (Å²) in [6, 6.07) is 9.12. The van der Waals surface area contributed by atoms with E-state index in [0.717, 1.165) is 13.0 Å². The van der Waals surface area contributed by atoms with Crippen molar-refractivity contribution in [3.63, 3.8) is 0 Å². The molecule has 0 saturated carbocycles. The summed E-state index contributed by atoms with van der Waals surface area (Å²) in [5, 5.41) is 21.9. The summed E-state index contributed by atoms with van der Waals surface area (Å²) in [5.41, 5.74) is 0.493. The van der Waals surface area contributed by atoms with Gasteiger partial charge in [-0.1, -0.05) is 38.3 Å². The van der Waals surface area contributed by atoms with Crippen LogP contribution in [0.3, 0.4) is 0 Å². The number of hydrogen-bond donors (Lipinski definition) is 2. The fourth-order valence-corrected chi connectivity index (χ4v) is 1.88. The standard InChI is InChI=1S/C16H24N2O2/c1-2-3-4-7-10-18-12-15(19)13-20-16-9-6-5-8-14(16)11-17/h5-6,8-9,15,18-19H,2-4,7,10,12-13H2,1H3. The lowest BCUT2D eigenvalue weighted by Crippen LogP contribution is -2.32. The Morgan fingerprint density at radius 3 is 2.85 bits per heavy atom. The number of aliphatic hydroxyl groups is 1. The summed E-state index contributed by atoms with van der Waals surface area (Å²) >= 11 is 0. The van der Waals surface area contributed by atoms with Gasteiger partial charge in [-0.25, -0.2) is 0 Å². The molecule has 0 bridgehead atoms. The average molecular weight is 276 g/mol. The van der Waals surface area contributed by atoms with E-state index in [2.05, 4.69) is 18.3 Å². The molecule has 0 spiro atoms. The summed E-state index contributed by atoms with van der Waals surface area (Å²) in [4.78, 5) is 0. The Hall–Kier alpha value is -1.57. The van der Waals surface area contributed by atoms with Crippen molar-refractivity contribution in [3.8, 4) is 11.8 Å². The minimum Gasteiger partial charge on any atom is -0.489 e. The van der Waals surface area contributed by atoms with Crippen LogP contribution in [0, 0.1) is 11.3 Å². The molecule has 0 amide bonds. The predicted octanol–water partition coefficient (Wildman–Crippen LogP) is 2.47. The highest BCUT2D eigenvalue weighted by Crippen LogP contribution is 2.16. The molecule has 1 unspecified atom stereocenters. The van der Waals surface area contributed by atoms with E-state index in [0.29, 0.717) is 17.9 Å². The van der Waals surface area contributed by atoms with E-state index in [4.69, 9.17) is 10.00 Å². The van der Waals surface area contributed by atoms with E-state index >= 15 is 0 Å². The third kappa shape index (κ3) is 6.55. The minimum absolute atomic E-state index is 0.195. The van der Waals surface area contributed by atoms with Gasteiger partial charge in [-0.2, -0.15) is 5.26 Å². The van der Waals surface area contributed by atoms with Gasteiger partial charge in [0, 0.05) is 6.54 Å². The van der Waals surface area contributed by atoms with Crippen LogP contribution in [-0.4, -0.2) is 30.9 Å². The number of rotatable bonds is 10. The van der Waals surface area contributed by atoms with Gasteiger partial charge in [-0.15, -0.1) is 0 Å². The Morgan fingerprint density at radius 2 is 2.10 bits per heavy atom. The van der Waals surface area contributed by atoms with Crippen LogP contribution in [0.2, 0.25) is 0 Å². The van der Waals surface area contributed by atoms with Crippen molar-refractivity contribution in [2.75, 3.05) is 19.7 Å². The Balaban J connectivity index is 2.17. The third-order valence-corrected chi connectivity index (χ3v) is 3.03. The molecular weight excluding hydrogens is 252 g/mol. The highest BCUT2D eigenvalue weighted by molar-refractivity contribution is 5.42. The molecule has 1 aromatic carbocycles. The maximum absolute atomic E-state index is 9.81. The molecule has 0 aliphatic heterocycles. The van der Waals surface area contributed by atoms with Crippen LogP contribution in [0.15, 0.2) is 24.3 Å². The van der Waals surface area contributed by atoms with Gasteiger partial charge in [0.1, 0.15) is 24.5 Å². The lowest BCUT2D eigenvalue weighted by atomic mass is 10.2. The molecule has 20 heavy (non-hydrogen) atoms. The Bertz CT molecular complexity index is 415. The second-order valence-corrected chi connectivity index (χ2v) is 4.84. The van der Waals surface area contributed by atoms with Crippen LogP contribution in [0.1, 0.15) is 38.2 Å². The van der Waals surface area contributed by atoms with Crippen molar-refractivity contribution in [1.82, 2.24) is 5.32 Å². The molecule has 0 radical (unpaired) electrons. The molecule has 0 fully saturated rings. The number of hydrogen-bond acceptors (Lipinski definition) is 4. The zero-order chi connectivity index (χ0) is 14.6. The molecule has 110 valence electrons. The number of nitrogens with zero attached hydrogens (tertiary/aromatic N) is 1. The Kier molecular flexibility index (Phi) is 8.44. The summed E-state index contributed by atoms with van der Waals surface area (Å²) in [7, 11) is 0. The molecule has 0 aromatic heterocycles. The Labute approximate surface area is 121 Å². The lowest BCUT2D eigenvalue weighted by Gasteiger charge is -2.13. The maximum Gasteiger partial charge on any atom is 0.137 e. The number of benzene rings is 1. The highest BCUT2D eigenvalue weighted by Gasteiger charge is 2.07. The van der Waals surface area contributed by atoms with Crippen molar-refractivity contribution in [3.05, 3.63) is 29.8 Å². The van der Waals surface area contributed by atoms with Crippen LogP contribution in [0.4, 0.5) is 0 Å². The molecule has 2 N–H and O–H groups in total. The van der Waals surface area contributed by atoms with Crippen molar-refractivity contribution >= 4 is 0 Å². The highest BCUT2D eigenvalue weighted by atomic mass is 16.5. The lowest BCUT2D eigenvalue weighted by molar-refractivity contribution is 0.106. The van der Waals surface area contributed by atoms with Crippen LogP contribution in [0.25, 0.3) is 0 Å². The minimum atomic E-state index is -0.562. The SMILES string of the molecule is CCCCCCNCC(O)COc1ccccc1C#N. The quantitative estimate of drug-likeness (QED) is 0.644. The third-order valence-electron chi connectivity index (χ3n) is 3.03. The van der Waals surface area contributed by atoms with E-state index in [-0.39, 0.29) is 6.61 Å². The number of nitrogens with one attached hydrogen (secondary N) is 1. The number of nitriles is 1. The molecule has 0 saturated heterocycles. The van der Waals surface area contributed by atoms with E-state index in [1.54, 1.807) is 18.2 Å². The topological polar surface area (TPSA) is 65.3 Å². The summed E-state index contributed by atoms with van der Waals surface area (Å²) in [6.45, 7) is 3.82. The first kappa shape index (κ1) is 16.5. The number of para-hydroxylation sites is 1. The van der Waals surface area contributed by atoms with E-state index in [1.165, 1.54) is 19.3 Å². The molecule has 4 nitrogen and oxygen atoms in total. The van der Waals surface area contributed by atoms with Crippen LogP contribution < -0.4 is 10.1 Å². The molecular formula is C16H24N2O2. The van der Waals surface area contributed by atoms with Gasteiger partial charge in [-0.3, -0.25) is 0 Å². The van der Waals surface area contributed by atoms with Crippen LogP contribution in [-0.2, 0) is 0 Å². The van der Waals surface area contributed by atoms with Crippen molar-refractivity contribution in [1.29, 1.82) is 5.26 Å². The maximum atomic E-state index is 9.81. The number of ether oxygens (including phenoxy) is 1. The van der Waals surface area contributed by atoms with E-state index in [1.807, 2.05) is 6.07 Å². The van der Waals surface area contributed by atoms with Crippen molar-refractivity contribution in [2.45, 2.75) is 38.7 Å². The van der Waals surface area contributed by atoms with Crippen molar-refractivity contribution in [2.24, 2.45) is 0 Å². The van der Waals surface area contributed by atoms with Gasteiger partial charge in [0.25, 0.3) is 0 Å². The molecule has 1 rings (SSSR count). The van der Waals surface area contributed by atoms with Gasteiger partial charge < -0.3 is 15.2 Å². The molecule has 1 atom stereocenters. The van der Waals surface area contributed by atoms with E-state index in [9.17, 15) is 5.11 Å². The molecule has 4 heteroatoms. The van der Waals surface area contributed by atoms with Gasteiger partial charge in [0.2, 0.25) is 0 Å². The smallest absolute Gasteiger partial charge is 0.137 e. The molecule has 1 aromatic rings. The zero-order valence-corrected chi connectivity index (χ0v) is 12.1. The van der Waals surface area contributed by atoms with Crippen LogP contribution in [0.5, 0.6) is 5.75 Å². The van der Waals surface area contributed by atoms with Gasteiger partial charge in [0.05, 0.1) is 5.56 Å². The normalized spacial score (nSPS) is 11.8. The predicted molar refractivity (Wildman–Crippen MR) is 79.7 cm³/mol. The van der Waals surface area contributed by atoms with Gasteiger partial charge in [0.15, 0.2) is 0 Å². The first-order chi connectivity index (χ1) is 9.77. The van der Waals surface area contributed by atoms with Gasteiger partial charge in [-0.05, 0) is 25.1 Å². The number of unbranched alkanes of at least 4 members (excludes halogenated alkanes) is 3. The first-order valence-corrected chi connectivity index (χ1v) is 7.28. The zero-order valence-electron chi connectivity index (χ0n) is 12.1. The monoisotopic (exact) mass is 276 g/mol. The largest absolute Gasteiger partial charge is 0.489 e. The number of aliphatic hydroxyl groups excluding tert-OH is 1. The molecule has 0 aliphatic carbocycles. The summed E-state index contributed by atoms with van der Waals surface area (Å²) in [5.74, 6) is 0.525. The van der Waals surface area contributed by atoms with Gasteiger partial charge >= 0.3 is 0 Å². The second kappa shape index (κ2) is 10.2. The summed E-state index contributed by atoms with van der Waals surface area (Å²) < 4.78 is 5.47. The fourth-order valence-electron chi connectivity index (χ4n) is 1.88. The van der Waals surface area contributed by atoms with Crippen LogP contribution >= 0.6 is 0 Å². The van der Waals surface area contributed by atoms with Crippen molar-refractivity contribution < 1.29 is 9.84 Å². The molecule has 0 heterocycles. The second-order valence-electron chi connectivity index (χ2n) is 4.84. The first-order valence-electron chi connectivity index (χ1n) is 7.28. The molecule has 0 aliphatic rings. The fraction of sp³-hybridized carbons (Fsp3) is 0.562. The van der Waals surface area contributed by atoms with E-state index < -0.39 is 6.10 Å². The summed E-state index contributed by atoms with van der Waals surface area (Å²) in [6.07, 6.45) is 4.30. The average Bonchev–Trinajstić information content (AvgIpc) is 2.49.